The molecule has 0 aliphatic carbocycles. The van der Waals surface area contributed by atoms with Crippen LogP contribution in [0.2, 0.25) is 0 Å². The SMILES string of the molecule is Cc1cccc(C)c1O.Cc1cccc(C)c1SCC(=O)O. The maximum atomic E-state index is 10.4. The van der Waals surface area contributed by atoms with Crippen molar-refractivity contribution < 1.29 is 15.0 Å². The number of hydrogen-bond acceptors (Lipinski definition) is 3. The van der Waals surface area contributed by atoms with Crippen LogP contribution < -0.4 is 0 Å². The molecule has 3 nitrogen and oxygen atoms in total. The van der Waals surface area contributed by atoms with Crippen LogP contribution in [0.15, 0.2) is 41.3 Å². The molecule has 2 aromatic carbocycles. The van der Waals surface area contributed by atoms with Crippen molar-refractivity contribution in [3.05, 3.63) is 58.7 Å². The van der Waals surface area contributed by atoms with Crippen LogP contribution in [-0.4, -0.2) is 21.9 Å². The fourth-order valence-corrected chi connectivity index (χ4v) is 2.83. The predicted molar refractivity (Wildman–Crippen MR) is 91.9 cm³/mol. The lowest BCUT2D eigenvalue weighted by molar-refractivity contribution is -0.133. The van der Waals surface area contributed by atoms with E-state index < -0.39 is 5.97 Å². The topological polar surface area (TPSA) is 57.5 Å². The number of phenolic OH excluding ortho intramolecular Hbond substituents is 1. The summed E-state index contributed by atoms with van der Waals surface area (Å²) in [5, 5.41) is 17.7. The molecule has 0 heterocycles. The van der Waals surface area contributed by atoms with Crippen molar-refractivity contribution in [2.75, 3.05) is 5.75 Å². The zero-order chi connectivity index (χ0) is 16.7. The third-order valence-electron chi connectivity index (χ3n) is 3.19. The smallest absolute Gasteiger partial charge is 0.313 e. The number of carboxylic acid groups (broad SMARTS) is 1. The van der Waals surface area contributed by atoms with Gasteiger partial charge in [-0.1, -0.05) is 36.4 Å². The molecule has 4 heteroatoms. The van der Waals surface area contributed by atoms with Crippen molar-refractivity contribution in [3.8, 4) is 5.75 Å². The summed E-state index contributed by atoms with van der Waals surface area (Å²) in [7, 11) is 0. The van der Waals surface area contributed by atoms with E-state index in [2.05, 4.69) is 0 Å². The second-order valence-corrected chi connectivity index (χ2v) is 6.13. The van der Waals surface area contributed by atoms with Crippen LogP contribution in [0.3, 0.4) is 0 Å². The van der Waals surface area contributed by atoms with Gasteiger partial charge in [-0.2, -0.15) is 0 Å². The summed E-state index contributed by atoms with van der Waals surface area (Å²) in [6.45, 7) is 7.78. The summed E-state index contributed by atoms with van der Waals surface area (Å²) in [5.74, 6) is -0.226. The number of carboxylic acids is 1. The Hall–Kier alpha value is -1.94. The van der Waals surface area contributed by atoms with Gasteiger partial charge in [-0.15, -0.1) is 11.8 Å². The normalized spacial score (nSPS) is 9.82. The summed E-state index contributed by atoms with van der Waals surface area (Å²) in [4.78, 5) is 11.5. The zero-order valence-electron chi connectivity index (χ0n) is 13.4. The van der Waals surface area contributed by atoms with E-state index in [1.165, 1.54) is 11.8 Å². The first-order chi connectivity index (χ1) is 10.3. The quantitative estimate of drug-likeness (QED) is 0.819. The summed E-state index contributed by atoms with van der Waals surface area (Å²) in [5.41, 5.74) is 4.17. The predicted octanol–water partition coefficient (Wildman–Crippen LogP) is 4.49. The Labute approximate surface area is 136 Å². The van der Waals surface area contributed by atoms with Gasteiger partial charge in [0.05, 0.1) is 5.75 Å². The lowest BCUT2D eigenvalue weighted by Crippen LogP contribution is -1.98. The van der Waals surface area contributed by atoms with Crippen LogP contribution in [0.5, 0.6) is 5.75 Å². The minimum Gasteiger partial charge on any atom is -0.507 e. The van der Waals surface area contributed by atoms with Gasteiger partial charge >= 0.3 is 5.97 Å². The standard InChI is InChI=1S/C10H12O2S.C8H10O/c1-7-4-3-5-8(2)10(7)13-6-9(11)12;1-6-4-3-5-7(2)8(6)9/h3-5H,6H2,1-2H3,(H,11,12);3-5,9H,1-2H3. The Morgan fingerprint density at radius 2 is 1.32 bits per heavy atom. The monoisotopic (exact) mass is 318 g/mol. The number of hydrogen-bond donors (Lipinski definition) is 2. The number of thioether (sulfide) groups is 1. The highest BCUT2D eigenvalue weighted by Gasteiger charge is 2.04. The Morgan fingerprint density at radius 3 is 1.68 bits per heavy atom. The Kier molecular flexibility index (Phi) is 6.99. The molecule has 0 aliphatic rings. The molecule has 0 saturated carbocycles. The largest absolute Gasteiger partial charge is 0.507 e. The van der Waals surface area contributed by atoms with Crippen molar-refractivity contribution in [1.82, 2.24) is 0 Å². The molecule has 0 spiro atoms. The number of aliphatic carboxylic acids is 1. The van der Waals surface area contributed by atoms with Crippen LogP contribution in [0, 0.1) is 27.7 Å². The van der Waals surface area contributed by atoms with Crippen molar-refractivity contribution >= 4 is 17.7 Å². The van der Waals surface area contributed by atoms with Gasteiger partial charge in [-0.25, -0.2) is 0 Å². The molecular weight excluding hydrogens is 296 g/mol. The lowest BCUT2D eigenvalue weighted by atomic mass is 10.1. The van der Waals surface area contributed by atoms with Gasteiger partial charge in [0, 0.05) is 4.90 Å². The molecule has 0 bridgehead atoms. The van der Waals surface area contributed by atoms with E-state index >= 15 is 0 Å². The highest BCUT2D eigenvalue weighted by molar-refractivity contribution is 8.00. The van der Waals surface area contributed by atoms with Gasteiger partial charge in [0.25, 0.3) is 0 Å². The van der Waals surface area contributed by atoms with Crippen LogP contribution in [-0.2, 0) is 4.79 Å². The number of carbonyl (C=O) groups is 1. The van der Waals surface area contributed by atoms with Crippen molar-refractivity contribution in [1.29, 1.82) is 0 Å². The number of benzene rings is 2. The van der Waals surface area contributed by atoms with E-state index in [1.807, 2.05) is 64.1 Å². The molecule has 0 fully saturated rings. The van der Waals surface area contributed by atoms with Crippen molar-refractivity contribution in [3.63, 3.8) is 0 Å². The van der Waals surface area contributed by atoms with Crippen LogP contribution in [0.1, 0.15) is 22.3 Å². The summed E-state index contributed by atoms with van der Waals surface area (Å²) in [6.07, 6.45) is 0. The fourth-order valence-electron chi connectivity index (χ4n) is 1.97. The first-order valence-electron chi connectivity index (χ1n) is 6.99. The number of aryl methyl sites for hydroxylation is 4. The average Bonchev–Trinajstić information content (AvgIpc) is 2.44. The van der Waals surface area contributed by atoms with Gasteiger partial charge in [0.1, 0.15) is 5.75 Å². The molecule has 118 valence electrons. The molecular formula is C18H22O3S. The van der Waals surface area contributed by atoms with E-state index in [-0.39, 0.29) is 5.75 Å². The molecule has 2 rings (SSSR count). The van der Waals surface area contributed by atoms with E-state index in [0.717, 1.165) is 27.1 Å². The molecule has 0 amide bonds. The molecule has 0 atom stereocenters. The van der Waals surface area contributed by atoms with Crippen LogP contribution in [0.4, 0.5) is 0 Å². The third kappa shape index (κ3) is 5.45. The summed E-state index contributed by atoms with van der Waals surface area (Å²) >= 11 is 1.38. The molecule has 0 aromatic heterocycles. The van der Waals surface area contributed by atoms with Crippen LogP contribution in [0.25, 0.3) is 0 Å². The number of phenols is 1. The average molecular weight is 318 g/mol. The van der Waals surface area contributed by atoms with Gasteiger partial charge < -0.3 is 10.2 Å². The van der Waals surface area contributed by atoms with E-state index in [4.69, 9.17) is 5.11 Å². The summed E-state index contributed by atoms with van der Waals surface area (Å²) < 4.78 is 0. The maximum Gasteiger partial charge on any atom is 0.313 e. The van der Waals surface area contributed by atoms with Gasteiger partial charge in [0.2, 0.25) is 0 Å². The van der Waals surface area contributed by atoms with E-state index in [9.17, 15) is 9.90 Å². The van der Waals surface area contributed by atoms with E-state index in [0.29, 0.717) is 5.75 Å². The second-order valence-electron chi connectivity index (χ2n) is 5.14. The Morgan fingerprint density at radius 1 is 0.909 bits per heavy atom. The van der Waals surface area contributed by atoms with E-state index in [1.54, 1.807) is 0 Å². The minimum atomic E-state index is -0.771. The minimum absolute atomic E-state index is 0.131. The second kappa shape index (κ2) is 8.49. The number of para-hydroxylation sites is 1. The van der Waals surface area contributed by atoms with Gasteiger partial charge in [0.15, 0.2) is 0 Å². The summed E-state index contributed by atoms with van der Waals surface area (Å²) in [6, 6.07) is 11.7. The lowest BCUT2D eigenvalue weighted by Gasteiger charge is -2.06. The highest BCUT2D eigenvalue weighted by Crippen LogP contribution is 2.25. The van der Waals surface area contributed by atoms with Gasteiger partial charge in [-0.05, 0) is 49.9 Å². The first-order valence-corrected chi connectivity index (χ1v) is 7.97. The highest BCUT2D eigenvalue weighted by atomic mass is 32.2. The Balaban J connectivity index is 0.000000235. The molecule has 0 aliphatic heterocycles. The molecule has 22 heavy (non-hydrogen) atoms. The first kappa shape index (κ1) is 18.1. The molecule has 0 saturated heterocycles. The zero-order valence-corrected chi connectivity index (χ0v) is 14.2. The molecule has 2 N–H and O–H groups in total. The van der Waals surface area contributed by atoms with Crippen molar-refractivity contribution in [2.24, 2.45) is 0 Å². The number of aromatic hydroxyl groups is 1. The number of rotatable bonds is 3. The Bertz CT molecular complexity index is 610. The molecule has 0 unspecified atom stereocenters. The fraction of sp³-hybridized carbons (Fsp3) is 0.278. The maximum absolute atomic E-state index is 10.4. The third-order valence-corrected chi connectivity index (χ3v) is 4.51. The molecule has 0 radical (unpaired) electrons. The molecule has 2 aromatic rings. The van der Waals surface area contributed by atoms with Crippen LogP contribution >= 0.6 is 11.8 Å². The van der Waals surface area contributed by atoms with Gasteiger partial charge in [-0.3, -0.25) is 4.79 Å². The van der Waals surface area contributed by atoms with Crippen molar-refractivity contribution in [2.45, 2.75) is 32.6 Å².